The van der Waals surface area contributed by atoms with E-state index in [-0.39, 0.29) is 0 Å². The Kier molecular flexibility index (Phi) is 8.73. The molecule has 1 aromatic rings. The molecule has 0 bridgehead atoms. The molecule has 3 rings (SSSR count). The number of nitrogens with zero attached hydrogens (tertiary/aromatic N) is 5. The van der Waals surface area contributed by atoms with Crippen LogP contribution in [0.25, 0.3) is 0 Å². The Bertz CT molecular complexity index is 633. The molecule has 8 nitrogen and oxygen atoms in total. The third kappa shape index (κ3) is 6.67. The Morgan fingerprint density at radius 1 is 1.17 bits per heavy atom. The minimum absolute atomic E-state index is 0.392. The maximum atomic E-state index is 6.23. The van der Waals surface area contributed by atoms with E-state index < -0.39 is 0 Å². The van der Waals surface area contributed by atoms with Crippen LogP contribution in [-0.2, 0) is 23.1 Å². The predicted octanol–water partition coefficient (Wildman–Crippen LogP) is 2.28. The van der Waals surface area contributed by atoms with Gasteiger partial charge >= 0.3 is 0 Å². The van der Waals surface area contributed by atoms with Crippen molar-refractivity contribution in [1.29, 1.82) is 0 Å². The molecule has 0 aromatic carbocycles. The van der Waals surface area contributed by atoms with E-state index in [1.807, 2.05) is 18.5 Å². The molecule has 2 aliphatic rings. The molecule has 1 N–H and O–H groups in total. The van der Waals surface area contributed by atoms with Crippen molar-refractivity contribution in [2.45, 2.75) is 64.5 Å². The van der Waals surface area contributed by atoms with Crippen molar-refractivity contribution >= 4 is 5.96 Å². The average molecular weight is 407 g/mol. The SMILES string of the molecule is COCCCNC(=NCc1nnc(C)n1C)N1CCC(OCC2CCCC2)CC1. The molecule has 1 saturated heterocycles. The molecular formula is C21H38N6O2. The zero-order chi connectivity index (χ0) is 20.5. The first kappa shape index (κ1) is 22.0. The highest BCUT2D eigenvalue weighted by molar-refractivity contribution is 5.80. The molecule has 1 aromatic heterocycles. The van der Waals surface area contributed by atoms with Crippen molar-refractivity contribution < 1.29 is 9.47 Å². The van der Waals surface area contributed by atoms with Crippen molar-refractivity contribution in [1.82, 2.24) is 25.0 Å². The highest BCUT2D eigenvalue weighted by atomic mass is 16.5. The van der Waals surface area contributed by atoms with Crippen molar-refractivity contribution in [3.8, 4) is 0 Å². The second-order valence-electron chi connectivity index (χ2n) is 8.31. The molecule has 1 aliphatic carbocycles. The lowest BCUT2D eigenvalue weighted by Crippen LogP contribution is -2.47. The average Bonchev–Trinajstić information content (AvgIpc) is 3.37. The zero-order valence-electron chi connectivity index (χ0n) is 18.4. The summed E-state index contributed by atoms with van der Waals surface area (Å²) in [6.45, 7) is 6.99. The lowest BCUT2D eigenvalue weighted by Gasteiger charge is -2.34. The summed E-state index contributed by atoms with van der Waals surface area (Å²) in [6.07, 6.45) is 8.94. The molecular weight excluding hydrogens is 368 g/mol. The molecule has 0 radical (unpaired) electrons. The summed E-state index contributed by atoms with van der Waals surface area (Å²) in [5, 5.41) is 11.9. The molecule has 2 heterocycles. The summed E-state index contributed by atoms with van der Waals surface area (Å²) in [6, 6.07) is 0. The van der Waals surface area contributed by atoms with Crippen LogP contribution in [0.3, 0.4) is 0 Å². The summed E-state index contributed by atoms with van der Waals surface area (Å²) in [5.41, 5.74) is 0. The Morgan fingerprint density at radius 2 is 1.93 bits per heavy atom. The summed E-state index contributed by atoms with van der Waals surface area (Å²) < 4.78 is 13.4. The number of nitrogens with one attached hydrogen (secondary N) is 1. The summed E-state index contributed by atoms with van der Waals surface area (Å²) in [5.74, 6) is 3.54. The molecule has 0 atom stereocenters. The number of aliphatic imine (C=N–C) groups is 1. The van der Waals surface area contributed by atoms with Gasteiger partial charge in [0.2, 0.25) is 0 Å². The van der Waals surface area contributed by atoms with Gasteiger partial charge in [0.1, 0.15) is 12.4 Å². The summed E-state index contributed by atoms with van der Waals surface area (Å²) in [7, 11) is 3.72. The first-order chi connectivity index (χ1) is 14.2. The third-order valence-corrected chi connectivity index (χ3v) is 6.15. The van der Waals surface area contributed by atoms with Gasteiger partial charge in [0.25, 0.3) is 0 Å². The van der Waals surface area contributed by atoms with Gasteiger partial charge in [-0.1, -0.05) is 12.8 Å². The van der Waals surface area contributed by atoms with Gasteiger partial charge in [0, 0.05) is 47.0 Å². The van der Waals surface area contributed by atoms with E-state index in [4.69, 9.17) is 14.5 Å². The van der Waals surface area contributed by atoms with Crippen LogP contribution in [0.5, 0.6) is 0 Å². The van der Waals surface area contributed by atoms with Gasteiger partial charge in [-0.25, -0.2) is 4.99 Å². The fraction of sp³-hybridized carbons (Fsp3) is 0.857. The van der Waals surface area contributed by atoms with E-state index in [0.29, 0.717) is 12.6 Å². The number of guanidine groups is 1. The number of hydrogen-bond acceptors (Lipinski definition) is 5. The van der Waals surface area contributed by atoms with Gasteiger partial charge in [-0.2, -0.15) is 0 Å². The van der Waals surface area contributed by atoms with Gasteiger partial charge in [-0.15, -0.1) is 10.2 Å². The van der Waals surface area contributed by atoms with Crippen LogP contribution in [0.2, 0.25) is 0 Å². The lowest BCUT2D eigenvalue weighted by atomic mass is 10.1. The second kappa shape index (κ2) is 11.5. The fourth-order valence-corrected chi connectivity index (χ4v) is 4.10. The third-order valence-electron chi connectivity index (χ3n) is 6.15. The predicted molar refractivity (Wildman–Crippen MR) is 114 cm³/mol. The molecule has 1 aliphatic heterocycles. The molecule has 0 amide bonds. The highest BCUT2D eigenvalue weighted by Crippen LogP contribution is 2.26. The molecule has 8 heteroatoms. The van der Waals surface area contributed by atoms with Crippen LogP contribution in [0.1, 0.15) is 56.6 Å². The second-order valence-corrected chi connectivity index (χ2v) is 8.31. The number of piperidine rings is 1. The number of aromatic nitrogens is 3. The van der Waals surface area contributed by atoms with Crippen molar-refractivity contribution in [2.24, 2.45) is 18.0 Å². The molecule has 0 unspecified atom stereocenters. The Morgan fingerprint density at radius 3 is 2.59 bits per heavy atom. The Balaban J connectivity index is 1.51. The molecule has 164 valence electrons. The minimum atomic E-state index is 0.392. The topological polar surface area (TPSA) is 76.8 Å². The normalized spacial score (nSPS) is 19.3. The first-order valence-corrected chi connectivity index (χ1v) is 11.2. The van der Waals surface area contributed by atoms with Crippen molar-refractivity contribution in [3.05, 3.63) is 11.6 Å². The van der Waals surface area contributed by atoms with Gasteiger partial charge in [-0.3, -0.25) is 0 Å². The maximum Gasteiger partial charge on any atom is 0.194 e. The van der Waals surface area contributed by atoms with E-state index in [1.165, 1.54) is 25.7 Å². The minimum Gasteiger partial charge on any atom is -0.385 e. The van der Waals surface area contributed by atoms with Gasteiger partial charge < -0.3 is 24.3 Å². The van der Waals surface area contributed by atoms with E-state index in [1.54, 1.807) is 7.11 Å². The first-order valence-electron chi connectivity index (χ1n) is 11.2. The van der Waals surface area contributed by atoms with E-state index >= 15 is 0 Å². The van der Waals surface area contributed by atoms with Crippen LogP contribution in [0, 0.1) is 12.8 Å². The van der Waals surface area contributed by atoms with E-state index in [0.717, 1.165) is 75.6 Å². The number of likely N-dealkylation sites (tertiary alicyclic amines) is 1. The zero-order valence-corrected chi connectivity index (χ0v) is 18.4. The van der Waals surface area contributed by atoms with Crippen LogP contribution in [0.4, 0.5) is 0 Å². The van der Waals surface area contributed by atoms with Gasteiger partial charge in [0.15, 0.2) is 11.8 Å². The standard InChI is InChI=1S/C21H38N6O2/c1-17-24-25-20(26(17)2)15-23-21(22-11-6-14-28-3)27-12-9-19(10-13-27)29-16-18-7-4-5-8-18/h18-19H,4-16H2,1-3H3,(H,22,23). The monoisotopic (exact) mass is 406 g/mol. The lowest BCUT2D eigenvalue weighted by molar-refractivity contribution is 0.000987. The summed E-state index contributed by atoms with van der Waals surface area (Å²) in [4.78, 5) is 7.20. The van der Waals surface area contributed by atoms with Crippen LogP contribution in [-0.4, -0.2) is 71.7 Å². The highest BCUT2D eigenvalue weighted by Gasteiger charge is 2.24. The maximum absolute atomic E-state index is 6.23. The number of ether oxygens (including phenoxy) is 2. The molecule has 29 heavy (non-hydrogen) atoms. The van der Waals surface area contributed by atoms with Crippen molar-refractivity contribution in [3.63, 3.8) is 0 Å². The number of aryl methyl sites for hydroxylation is 1. The number of rotatable bonds is 9. The smallest absolute Gasteiger partial charge is 0.194 e. The molecule has 0 spiro atoms. The fourth-order valence-electron chi connectivity index (χ4n) is 4.10. The van der Waals surface area contributed by atoms with E-state index in [2.05, 4.69) is 20.4 Å². The number of methoxy groups -OCH3 is 1. The summed E-state index contributed by atoms with van der Waals surface area (Å²) >= 11 is 0. The van der Waals surface area contributed by atoms with Crippen molar-refractivity contribution in [2.75, 3.05) is 40.0 Å². The molecule has 2 fully saturated rings. The van der Waals surface area contributed by atoms with Crippen LogP contribution >= 0.6 is 0 Å². The van der Waals surface area contributed by atoms with Gasteiger partial charge in [0.05, 0.1) is 6.10 Å². The van der Waals surface area contributed by atoms with Gasteiger partial charge in [-0.05, 0) is 44.9 Å². The number of hydrogen-bond donors (Lipinski definition) is 1. The van der Waals surface area contributed by atoms with E-state index in [9.17, 15) is 0 Å². The van der Waals surface area contributed by atoms with Crippen LogP contribution < -0.4 is 5.32 Å². The largest absolute Gasteiger partial charge is 0.385 e. The Labute approximate surface area is 175 Å². The Hall–Kier alpha value is -1.67. The van der Waals surface area contributed by atoms with Crippen LogP contribution in [0.15, 0.2) is 4.99 Å². The molecule has 1 saturated carbocycles. The quantitative estimate of drug-likeness (QED) is 0.385.